The summed E-state index contributed by atoms with van der Waals surface area (Å²) in [6, 6.07) is 9.75. The van der Waals surface area contributed by atoms with Crippen LogP contribution in [0.25, 0.3) is 0 Å². The third kappa shape index (κ3) is 5.81. The summed E-state index contributed by atoms with van der Waals surface area (Å²) in [6.07, 6.45) is 1.89. The Bertz CT molecular complexity index is 1210. The second-order valence-electron chi connectivity index (χ2n) is 8.18. The first kappa shape index (κ1) is 24.9. The first-order valence-electron chi connectivity index (χ1n) is 10.3. The highest BCUT2D eigenvalue weighted by Crippen LogP contribution is 2.40. The molecule has 0 aliphatic carbocycles. The Hall–Kier alpha value is -3.69. The van der Waals surface area contributed by atoms with Crippen LogP contribution in [-0.2, 0) is 5.41 Å². The molecule has 10 heteroatoms. The summed E-state index contributed by atoms with van der Waals surface area (Å²) in [4.78, 5) is 37.3. The minimum atomic E-state index is -0.419. The van der Waals surface area contributed by atoms with Crippen LogP contribution in [0.15, 0.2) is 42.6 Å². The zero-order valence-electron chi connectivity index (χ0n) is 19.4. The predicted molar refractivity (Wildman–Crippen MR) is 128 cm³/mol. The molecule has 0 saturated heterocycles. The first-order chi connectivity index (χ1) is 16.2. The molecule has 2 aromatic carbocycles. The molecule has 3 rings (SSSR count). The van der Waals surface area contributed by atoms with E-state index in [0.29, 0.717) is 23.5 Å². The molecule has 2 N–H and O–H groups in total. The monoisotopic (exact) mass is 484 g/mol. The van der Waals surface area contributed by atoms with E-state index in [2.05, 4.69) is 41.5 Å². The molecule has 0 saturated carbocycles. The maximum absolute atomic E-state index is 13.1. The molecule has 0 radical (unpaired) electrons. The number of aldehydes is 1. The van der Waals surface area contributed by atoms with E-state index in [1.165, 1.54) is 31.5 Å². The summed E-state index contributed by atoms with van der Waals surface area (Å²) in [7, 11) is 3.13. The summed E-state index contributed by atoms with van der Waals surface area (Å²) < 4.78 is 11.2. The standard InChI is InChI=1S/C24H25ClN4O5/c1-24(2,3)15-11-17(22(32-5)19(12-15)34-26-4)28-23(31)14-6-7-16(25)18(10-14)33-21-8-9-27-20(13-30)29-21/h6-13,26H,1-5H3,(H,28,31). The number of ether oxygens (including phenoxy) is 2. The van der Waals surface area contributed by atoms with E-state index in [-0.39, 0.29) is 33.5 Å². The molecule has 0 atom stereocenters. The van der Waals surface area contributed by atoms with E-state index in [1.54, 1.807) is 13.1 Å². The van der Waals surface area contributed by atoms with E-state index in [9.17, 15) is 9.59 Å². The lowest BCUT2D eigenvalue weighted by atomic mass is 9.86. The lowest BCUT2D eigenvalue weighted by Gasteiger charge is -2.23. The third-order valence-electron chi connectivity index (χ3n) is 4.75. The Morgan fingerprint density at radius 2 is 1.88 bits per heavy atom. The molecule has 0 aliphatic rings. The van der Waals surface area contributed by atoms with Gasteiger partial charge in [-0.3, -0.25) is 9.59 Å². The number of rotatable bonds is 8. The number of anilines is 1. The topological polar surface area (TPSA) is 112 Å². The average Bonchev–Trinajstić information content (AvgIpc) is 2.80. The molecule has 0 fully saturated rings. The van der Waals surface area contributed by atoms with Crippen molar-refractivity contribution >= 4 is 29.5 Å². The number of hydrogen-bond donors (Lipinski definition) is 2. The van der Waals surface area contributed by atoms with Crippen LogP contribution in [-0.4, -0.2) is 36.3 Å². The van der Waals surface area contributed by atoms with Crippen molar-refractivity contribution in [3.8, 4) is 23.1 Å². The van der Waals surface area contributed by atoms with Crippen molar-refractivity contribution in [1.29, 1.82) is 0 Å². The van der Waals surface area contributed by atoms with Gasteiger partial charge in [-0.15, -0.1) is 0 Å². The summed E-state index contributed by atoms with van der Waals surface area (Å²) in [5.74, 6) is 0.654. The minimum Gasteiger partial charge on any atom is -0.491 e. The summed E-state index contributed by atoms with van der Waals surface area (Å²) in [5, 5.41) is 3.14. The highest BCUT2D eigenvalue weighted by molar-refractivity contribution is 6.32. The smallest absolute Gasteiger partial charge is 0.255 e. The van der Waals surface area contributed by atoms with Gasteiger partial charge in [-0.2, -0.15) is 10.5 Å². The molecule has 0 spiro atoms. The minimum absolute atomic E-state index is 0.0343. The highest BCUT2D eigenvalue weighted by atomic mass is 35.5. The fourth-order valence-electron chi connectivity index (χ4n) is 3.02. The van der Waals surface area contributed by atoms with Crippen molar-refractivity contribution in [3.63, 3.8) is 0 Å². The Morgan fingerprint density at radius 3 is 2.53 bits per heavy atom. The van der Waals surface area contributed by atoms with Crippen LogP contribution >= 0.6 is 11.6 Å². The van der Waals surface area contributed by atoms with Crippen LogP contribution in [0.5, 0.6) is 23.1 Å². The lowest BCUT2D eigenvalue weighted by Crippen LogP contribution is -2.18. The zero-order chi connectivity index (χ0) is 24.9. The number of halogens is 1. The van der Waals surface area contributed by atoms with Crippen molar-refractivity contribution in [1.82, 2.24) is 15.4 Å². The quantitative estimate of drug-likeness (QED) is 0.346. The number of nitrogens with one attached hydrogen (secondary N) is 2. The van der Waals surface area contributed by atoms with Crippen molar-refractivity contribution in [2.24, 2.45) is 0 Å². The molecular formula is C24H25ClN4O5. The van der Waals surface area contributed by atoms with E-state index in [0.717, 1.165) is 5.56 Å². The van der Waals surface area contributed by atoms with Gasteiger partial charge in [-0.1, -0.05) is 32.4 Å². The zero-order valence-corrected chi connectivity index (χ0v) is 20.2. The van der Waals surface area contributed by atoms with Gasteiger partial charge in [0, 0.05) is 24.9 Å². The number of hydrogen-bond acceptors (Lipinski definition) is 8. The molecule has 0 unspecified atom stereocenters. The predicted octanol–water partition coefficient (Wildman–Crippen LogP) is 4.81. The molecule has 3 aromatic rings. The lowest BCUT2D eigenvalue weighted by molar-refractivity contribution is 0.102. The van der Waals surface area contributed by atoms with Gasteiger partial charge in [0.2, 0.25) is 5.88 Å². The number of aromatic nitrogens is 2. The number of carbonyl (C=O) groups is 2. The van der Waals surface area contributed by atoms with Crippen LogP contribution in [0.2, 0.25) is 5.02 Å². The molecule has 1 amide bonds. The van der Waals surface area contributed by atoms with E-state index in [1.807, 2.05) is 12.1 Å². The Balaban J connectivity index is 1.94. The van der Waals surface area contributed by atoms with Crippen LogP contribution in [0.3, 0.4) is 0 Å². The van der Waals surface area contributed by atoms with Crippen molar-refractivity contribution in [2.45, 2.75) is 26.2 Å². The maximum Gasteiger partial charge on any atom is 0.255 e. The van der Waals surface area contributed by atoms with Crippen LogP contribution in [0.4, 0.5) is 5.69 Å². The van der Waals surface area contributed by atoms with E-state index < -0.39 is 5.91 Å². The molecule has 1 aromatic heterocycles. The van der Waals surface area contributed by atoms with Gasteiger partial charge in [-0.05, 0) is 41.3 Å². The molecule has 0 aliphatic heterocycles. The summed E-state index contributed by atoms with van der Waals surface area (Å²) in [6.45, 7) is 6.15. The highest BCUT2D eigenvalue weighted by Gasteiger charge is 2.22. The number of amides is 1. The van der Waals surface area contributed by atoms with Crippen LogP contribution < -0.4 is 25.1 Å². The van der Waals surface area contributed by atoms with Gasteiger partial charge in [0.25, 0.3) is 5.91 Å². The van der Waals surface area contributed by atoms with Gasteiger partial charge in [0.15, 0.2) is 23.6 Å². The molecule has 178 valence electrons. The molecular weight excluding hydrogens is 460 g/mol. The fraction of sp³-hybridized carbons (Fsp3) is 0.250. The molecule has 1 heterocycles. The largest absolute Gasteiger partial charge is 0.491 e. The van der Waals surface area contributed by atoms with Gasteiger partial charge in [0.05, 0.1) is 17.8 Å². The van der Waals surface area contributed by atoms with Gasteiger partial charge >= 0.3 is 0 Å². The van der Waals surface area contributed by atoms with Gasteiger partial charge in [0.1, 0.15) is 5.75 Å². The normalized spacial score (nSPS) is 11.0. The van der Waals surface area contributed by atoms with Gasteiger partial charge in [-0.25, -0.2) is 4.98 Å². The first-order valence-corrected chi connectivity index (χ1v) is 10.7. The SMILES string of the molecule is CNOc1cc(C(C)(C)C)cc(NC(=O)c2ccc(Cl)c(Oc3ccnc(C=O)n3)c2)c1OC. The van der Waals surface area contributed by atoms with Crippen molar-refractivity contribution in [3.05, 3.63) is 64.6 Å². The molecule has 9 nitrogen and oxygen atoms in total. The second-order valence-corrected chi connectivity index (χ2v) is 8.59. The summed E-state index contributed by atoms with van der Waals surface area (Å²) >= 11 is 6.25. The van der Waals surface area contributed by atoms with Gasteiger partial charge < -0.3 is 19.6 Å². The molecule has 34 heavy (non-hydrogen) atoms. The maximum atomic E-state index is 13.1. The Kier molecular flexibility index (Phi) is 7.70. The van der Waals surface area contributed by atoms with E-state index >= 15 is 0 Å². The third-order valence-corrected chi connectivity index (χ3v) is 5.06. The number of nitrogens with zero attached hydrogens (tertiary/aromatic N) is 2. The summed E-state index contributed by atoms with van der Waals surface area (Å²) in [5.41, 5.74) is 4.08. The fourth-order valence-corrected chi connectivity index (χ4v) is 3.18. The number of benzene rings is 2. The van der Waals surface area contributed by atoms with Crippen molar-refractivity contribution < 1.29 is 23.9 Å². The second kappa shape index (κ2) is 10.5. The average molecular weight is 485 g/mol. The Morgan fingerprint density at radius 1 is 1.12 bits per heavy atom. The Labute approximate surface area is 202 Å². The van der Waals surface area contributed by atoms with Crippen LogP contribution in [0.1, 0.15) is 47.3 Å². The number of methoxy groups -OCH3 is 1. The van der Waals surface area contributed by atoms with Crippen LogP contribution in [0, 0.1) is 0 Å². The van der Waals surface area contributed by atoms with Crippen molar-refractivity contribution in [2.75, 3.05) is 19.5 Å². The van der Waals surface area contributed by atoms with E-state index in [4.69, 9.17) is 25.9 Å². The number of carbonyl (C=O) groups excluding carboxylic acids is 2. The number of hydroxylamine groups is 1. The molecule has 0 bridgehead atoms.